The van der Waals surface area contributed by atoms with Gasteiger partial charge in [0.15, 0.2) is 0 Å². The molecule has 6 heterocycles. The normalized spacial score (nSPS) is 16.2. The third-order valence-corrected chi connectivity index (χ3v) is 17.5. The van der Waals surface area contributed by atoms with Gasteiger partial charge in [-0.25, -0.2) is 9.97 Å². The third kappa shape index (κ3) is 7.19. The van der Waals surface area contributed by atoms with E-state index in [0.717, 1.165) is 46.1 Å². The lowest BCUT2D eigenvalue weighted by Gasteiger charge is -2.42. The van der Waals surface area contributed by atoms with E-state index in [9.17, 15) is 0 Å². The molecular weight excluding hydrogens is 1000 g/mol. The monoisotopic (exact) mass is 1050 g/mol. The Morgan fingerprint density at radius 2 is 0.853 bits per heavy atom. The van der Waals surface area contributed by atoms with E-state index >= 15 is 0 Å². The largest absolute Gasteiger partial charge is 0.299 e. The number of nitrogens with zero attached hydrogens (tertiary/aromatic N) is 6. The fourth-order valence-corrected chi connectivity index (χ4v) is 14.7. The maximum atomic E-state index is 4.97. The number of halogens is 2. The minimum absolute atomic E-state index is 0.113. The van der Waals surface area contributed by atoms with Gasteiger partial charge in [0, 0.05) is 48.1 Å². The molecule has 0 saturated carbocycles. The zero-order chi connectivity index (χ0) is 47.0. The van der Waals surface area contributed by atoms with E-state index in [1.54, 1.807) is 35.1 Å². The number of aromatic nitrogens is 4. The van der Waals surface area contributed by atoms with E-state index in [0.29, 0.717) is 0 Å². The van der Waals surface area contributed by atoms with Crippen LogP contribution in [0.3, 0.4) is 0 Å². The van der Waals surface area contributed by atoms with Gasteiger partial charge in [-0.2, -0.15) is 0 Å². The lowest BCUT2D eigenvalue weighted by molar-refractivity contribution is 0.609. The van der Waals surface area contributed by atoms with Gasteiger partial charge in [-0.1, -0.05) is 136 Å². The van der Waals surface area contributed by atoms with Gasteiger partial charge in [-0.15, -0.1) is 11.3 Å². The number of hydrogen-bond donors (Lipinski definition) is 0. The lowest BCUT2D eigenvalue weighted by atomic mass is 9.68. The number of anilines is 6. The van der Waals surface area contributed by atoms with Crippen molar-refractivity contribution in [2.45, 2.75) is 64.2 Å². The van der Waals surface area contributed by atoms with Crippen molar-refractivity contribution in [2.75, 3.05) is 9.80 Å². The molecule has 10 heteroatoms. The van der Waals surface area contributed by atoms with E-state index < -0.39 is 0 Å². The fourth-order valence-electron chi connectivity index (χ4n) is 10.6. The van der Waals surface area contributed by atoms with Crippen LogP contribution >= 0.6 is 54.5 Å². The first-order valence-corrected chi connectivity index (χ1v) is 25.9. The Hall–Kier alpha value is -6.13. The van der Waals surface area contributed by atoms with Crippen molar-refractivity contribution < 1.29 is 0 Å². The summed E-state index contributed by atoms with van der Waals surface area (Å²) in [6, 6.07) is 43.9. The topological polar surface area (TPSA) is 58.0 Å². The van der Waals surface area contributed by atoms with Crippen LogP contribution in [0.25, 0.3) is 22.1 Å². The molecule has 6 nitrogen and oxygen atoms in total. The van der Waals surface area contributed by atoms with Crippen molar-refractivity contribution in [2.24, 2.45) is 0 Å². The number of allylic oxidation sites excluding steroid dienone is 6. The van der Waals surface area contributed by atoms with Crippen molar-refractivity contribution in [3.63, 3.8) is 0 Å². The highest BCUT2D eigenvalue weighted by Crippen LogP contribution is 2.59. The average Bonchev–Trinajstić information content (AvgIpc) is 3.88. The smallest absolute Gasteiger partial charge is 0.131 e. The highest BCUT2D eigenvalue weighted by atomic mass is 79.9. The van der Waals surface area contributed by atoms with Crippen molar-refractivity contribution >= 4 is 109 Å². The summed E-state index contributed by atoms with van der Waals surface area (Å²) < 4.78 is 2.04. The van der Waals surface area contributed by atoms with Crippen LogP contribution < -0.4 is 9.80 Å². The highest BCUT2D eigenvalue weighted by Gasteiger charge is 2.42. The predicted octanol–water partition coefficient (Wildman–Crippen LogP) is 16.9. The molecule has 334 valence electrons. The van der Waals surface area contributed by atoms with E-state index in [2.05, 4.69) is 233 Å². The first-order chi connectivity index (χ1) is 32.9. The van der Waals surface area contributed by atoms with Crippen molar-refractivity contribution in [1.29, 1.82) is 0 Å². The molecule has 2 aliphatic carbocycles. The second-order valence-electron chi connectivity index (χ2n) is 18.9. The fraction of sp³-hybridized carbons (Fsp3) is 0.172. The van der Waals surface area contributed by atoms with Crippen LogP contribution in [0.15, 0.2) is 183 Å². The lowest BCUT2D eigenvalue weighted by Crippen LogP contribution is -2.30. The number of hydrogen-bond acceptors (Lipinski definition) is 8. The predicted molar refractivity (Wildman–Crippen MR) is 291 cm³/mol. The van der Waals surface area contributed by atoms with Crippen molar-refractivity contribution in [3.8, 4) is 0 Å². The second-order valence-corrected chi connectivity index (χ2v) is 23.5. The zero-order valence-electron chi connectivity index (χ0n) is 38.6. The summed E-state index contributed by atoms with van der Waals surface area (Å²) >= 11 is 10.2. The van der Waals surface area contributed by atoms with Crippen LogP contribution in [0.4, 0.5) is 32.8 Å². The summed E-state index contributed by atoms with van der Waals surface area (Å²) in [6.07, 6.45) is 17.6. The molecule has 0 spiro atoms. The molecule has 0 unspecified atom stereocenters. The molecule has 5 aromatic carbocycles. The van der Waals surface area contributed by atoms with Gasteiger partial charge in [0.2, 0.25) is 0 Å². The van der Waals surface area contributed by atoms with E-state index in [1.807, 2.05) is 18.5 Å². The Morgan fingerprint density at radius 3 is 1.29 bits per heavy atom. The molecule has 0 fully saturated rings. The molecule has 4 aromatic heterocycles. The van der Waals surface area contributed by atoms with Crippen LogP contribution in [0.1, 0.15) is 74.9 Å². The number of fused-ring (bicyclic) bond motifs is 7. The summed E-state index contributed by atoms with van der Waals surface area (Å²) in [5.41, 5.74) is 19.3. The van der Waals surface area contributed by atoms with E-state index in [4.69, 9.17) is 9.97 Å². The number of para-hydroxylation sites is 4. The molecule has 0 radical (unpaired) electrons. The molecule has 2 aliphatic heterocycles. The summed E-state index contributed by atoms with van der Waals surface area (Å²) in [5.74, 6) is 0. The minimum atomic E-state index is -0.123. The Morgan fingerprint density at radius 1 is 0.471 bits per heavy atom. The third-order valence-electron chi connectivity index (χ3n) is 13.9. The first kappa shape index (κ1) is 44.4. The molecule has 4 aliphatic rings. The van der Waals surface area contributed by atoms with Gasteiger partial charge in [0.05, 0.1) is 53.0 Å². The number of rotatable bonds is 2. The van der Waals surface area contributed by atoms with Gasteiger partial charge in [0.25, 0.3) is 0 Å². The molecule has 0 saturated heterocycles. The van der Waals surface area contributed by atoms with Gasteiger partial charge >= 0.3 is 0 Å². The van der Waals surface area contributed by atoms with Crippen molar-refractivity contribution in [3.05, 3.63) is 223 Å². The first-order valence-electron chi connectivity index (χ1n) is 22.7. The summed E-state index contributed by atoms with van der Waals surface area (Å²) in [5, 5.41) is 2.16. The summed E-state index contributed by atoms with van der Waals surface area (Å²) in [7, 11) is 0. The molecule has 0 bridgehead atoms. The van der Waals surface area contributed by atoms with Crippen LogP contribution in [-0.4, -0.2) is 19.9 Å². The maximum absolute atomic E-state index is 4.97. The highest BCUT2D eigenvalue weighted by molar-refractivity contribution is 9.12. The molecule has 9 aromatic rings. The molecule has 0 N–H and O–H groups in total. The number of thiophene rings is 2. The standard InChI is InChI=1S/C36H30N4S.C16H15.C6H2Br2N2S/c1-35(2)23-13-5-9-17-27(23)39(28-18-10-6-14-24(28)35)33-31-32(38-22-21-37-31)34(41-33)40-29-19-11-7-15-25(29)36(3,4)26-16-8-12-20-30(26)40;1-16(2)14-9-5-3-7-12(14)11-13-8-4-6-10-15(13)16;7-5-3-4(6(8)11-5)10-2-1-9-3/h5-22H,1-4H3;3-5,7-10H,11H2,1-2H3;1-2H/q;+1;. The summed E-state index contributed by atoms with van der Waals surface area (Å²) in [6.45, 7) is 13.9. The van der Waals surface area contributed by atoms with Gasteiger partial charge in [-0.3, -0.25) is 19.8 Å². The number of benzene rings is 5. The molecular formula is C58H47Br2N6S2+. The average molecular weight is 1050 g/mol. The Balaban J connectivity index is 0.000000152. The van der Waals surface area contributed by atoms with E-state index in [-0.39, 0.29) is 16.2 Å². The minimum Gasteiger partial charge on any atom is -0.299 e. The molecule has 0 amide bonds. The van der Waals surface area contributed by atoms with Crippen LogP contribution in [0, 0.1) is 6.08 Å². The Bertz CT molecular complexity index is 3270. The Labute approximate surface area is 422 Å². The van der Waals surface area contributed by atoms with Gasteiger partial charge in [0.1, 0.15) is 44.2 Å². The van der Waals surface area contributed by atoms with E-state index in [1.165, 1.54) is 67.3 Å². The van der Waals surface area contributed by atoms with Gasteiger partial charge in [-0.05, 0) is 103 Å². The van der Waals surface area contributed by atoms with Crippen molar-refractivity contribution in [1.82, 2.24) is 19.9 Å². The second kappa shape index (κ2) is 17.1. The quantitative estimate of drug-likeness (QED) is 0.161. The maximum Gasteiger partial charge on any atom is 0.131 e. The summed E-state index contributed by atoms with van der Waals surface area (Å²) in [4.78, 5) is 23.1. The van der Waals surface area contributed by atoms with Crippen LogP contribution in [0.2, 0.25) is 0 Å². The Kier molecular flexibility index (Phi) is 11.2. The SMILES string of the molecule is Brc1sc(Br)c2nccnc12.CC1(C)C2=C(C=C[C+]=C2)Cc2ccccc21.CC1(C)c2ccccc2N(c2sc(N3c4ccccc4C(C)(C)c4ccccc43)c3nccnc23)c2ccccc21. The van der Waals surface area contributed by atoms with Crippen LogP contribution in [0.5, 0.6) is 0 Å². The molecule has 0 atom stereocenters. The zero-order valence-corrected chi connectivity index (χ0v) is 43.4. The van der Waals surface area contributed by atoms with Gasteiger partial charge < -0.3 is 0 Å². The molecule has 13 rings (SSSR count). The van der Waals surface area contributed by atoms with Crippen LogP contribution in [-0.2, 0) is 22.7 Å². The molecule has 68 heavy (non-hydrogen) atoms.